The van der Waals surface area contributed by atoms with Crippen molar-refractivity contribution >= 4 is 87.2 Å². The Morgan fingerprint density at radius 1 is 0.430 bits per heavy atom. The lowest BCUT2D eigenvalue weighted by Crippen LogP contribution is -2.50. The minimum atomic E-state index is -3.58. The number of fused-ring (bicyclic) bond motifs is 4. The van der Waals surface area contributed by atoms with Crippen molar-refractivity contribution in [2.24, 2.45) is 64.2 Å². The first-order valence-corrected chi connectivity index (χ1v) is 45.2. The first kappa shape index (κ1) is 84.8. The molecule has 9 N–H and O–H groups in total. The van der Waals surface area contributed by atoms with Crippen molar-refractivity contribution in [3.8, 4) is 23.0 Å². The normalized spacial score (nSPS) is 20.7. The quantitative estimate of drug-likeness (QED) is 0.0489. The number of hydrogen-bond acceptors (Lipinski definition) is 20. The summed E-state index contributed by atoms with van der Waals surface area (Å²) in [6.07, 6.45) is 10.9. The molecule has 0 aromatic heterocycles. The highest BCUT2D eigenvalue weighted by Crippen LogP contribution is 2.35. The van der Waals surface area contributed by atoms with Crippen LogP contribution in [0, 0.1) is 23.7 Å². The number of nitrogens with one attached hydrogen (secondary N) is 1. The third-order valence-electron chi connectivity index (χ3n) is 20.7. The molecule has 0 spiro atoms. The molecule has 0 radical (unpaired) electrons. The first-order valence-electron chi connectivity index (χ1n) is 38.8. The second kappa shape index (κ2) is 38.3. The van der Waals surface area contributed by atoms with Crippen LogP contribution in [0.2, 0.25) is 0 Å². The SMILES string of the molecule is CC(C)CC(=O)N1CCC[C@H](COc2cccc3c2C(N)=NS(=O)(=O)C3)C1.CCNC(=O)N1CCCCC1COc1cccc2c1C(N)=NS(=O)(=O)C2.NC1=NS(=O)(=O)Cc2cccc(OC[C@H]3CCCN(C(=O)CCc4ccccc4)C3)c21.NC1=NS(=O)(=O)Cc2cccc(OC[C@H]3CCCN(C(=O)Cc4ccccc4)C3)c21. The summed E-state index contributed by atoms with van der Waals surface area (Å²) >= 11 is 0. The number of hydrogen-bond donors (Lipinski definition) is 5. The Morgan fingerprint density at radius 3 is 1.17 bits per heavy atom. The first-order chi connectivity index (χ1) is 54.5. The van der Waals surface area contributed by atoms with E-state index in [1.54, 1.807) is 72.8 Å². The zero-order valence-electron chi connectivity index (χ0n) is 64.6. The molecule has 4 saturated heterocycles. The van der Waals surface area contributed by atoms with E-state index in [0.29, 0.717) is 152 Å². The molecule has 8 aliphatic heterocycles. The van der Waals surface area contributed by atoms with Crippen molar-refractivity contribution in [1.82, 2.24) is 24.9 Å². The van der Waals surface area contributed by atoms with Crippen molar-refractivity contribution in [2.75, 3.05) is 78.8 Å². The van der Waals surface area contributed by atoms with Crippen LogP contribution in [0.1, 0.15) is 147 Å². The second-order valence-corrected chi connectivity index (χ2v) is 36.7. The number of likely N-dealkylation sites (tertiary alicyclic amines) is 4. The number of nitrogens with zero attached hydrogens (tertiary/aromatic N) is 8. The predicted octanol–water partition coefficient (Wildman–Crippen LogP) is 7.68. The second-order valence-electron chi connectivity index (χ2n) is 30.2. The molecule has 114 heavy (non-hydrogen) atoms. The summed E-state index contributed by atoms with van der Waals surface area (Å²) in [5.74, 6) is 2.82. The van der Waals surface area contributed by atoms with Crippen LogP contribution in [0.25, 0.3) is 0 Å². The molecule has 0 bridgehead atoms. The maximum Gasteiger partial charge on any atom is 0.317 e. The molecular formula is C81H103N13O16S4. The molecule has 29 nitrogen and oxygen atoms in total. The van der Waals surface area contributed by atoms with Crippen LogP contribution < -0.4 is 47.2 Å². The molecule has 612 valence electrons. The van der Waals surface area contributed by atoms with Crippen molar-refractivity contribution in [1.29, 1.82) is 0 Å². The van der Waals surface area contributed by atoms with Gasteiger partial charge >= 0.3 is 6.03 Å². The topological polar surface area (TPSA) is 420 Å². The van der Waals surface area contributed by atoms with Gasteiger partial charge in [-0.25, -0.2) is 38.5 Å². The summed E-state index contributed by atoms with van der Waals surface area (Å²) in [6.45, 7) is 13.3. The Labute approximate surface area is 668 Å². The Hall–Kier alpha value is -10.1. The van der Waals surface area contributed by atoms with Crippen LogP contribution in [-0.2, 0) is 90.3 Å². The van der Waals surface area contributed by atoms with Crippen LogP contribution in [-0.4, -0.2) is 185 Å². The summed E-state index contributed by atoms with van der Waals surface area (Å²) < 4.78 is 133. The van der Waals surface area contributed by atoms with Gasteiger partial charge in [0.05, 0.1) is 77.5 Å². The van der Waals surface area contributed by atoms with Crippen molar-refractivity contribution in [3.63, 3.8) is 0 Å². The number of rotatable bonds is 20. The predicted molar refractivity (Wildman–Crippen MR) is 437 cm³/mol. The van der Waals surface area contributed by atoms with E-state index in [0.717, 1.165) is 89.4 Å². The largest absolute Gasteiger partial charge is 0.492 e. The van der Waals surface area contributed by atoms with Gasteiger partial charge in [-0.2, -0.15) is 0 Å². The molecule has 4 atom stereocenters. The maximum absolute atomic E-state index is 12.7. The highest BCUT2D eigenvalue weighted by atomic mass is 32.2. The Bertz CT molecular complexity index is 5070. The number of ether oxygens (including phenoxy) is 4. The highest BCUT2D eigenvalue weighted by molar-refractivity contribution is 7.90. The summed E-state index contributed by atoms with van der Waals surface area (Å²) in [6, 6.07) is 40.7. The summed E-state index contributed by atoms with van der Waals surface area (Å²) in [4.78, 5) is 57.5. The fourth-order valence-corrected chi connectivity index (χ4v) is 19.7. The summed E-state index contributed by atoms with van der Waals surface area (Å²) in [5, 5.41) is 2.84. The van der Waals surface area contributed by atoms with E-state index in [1.165, 1.54) is 5.56 Å². The Morgan fingerprint density at radius 2 is 0.789 bits per heavy atom. The van der Waals surface area contributed by atoms with E-state index in [4.69, 9.17) is 41.9 Å². The molecule has 8 aliphatic rings. The van der Waals surface area contributed by atoms with Gasteiger partial charge in [0.1, 0.15) is 52.9 Å². The molecule has 14 rings (SSSR count). The van der Waals surface area contributed by atoms with E-state index < -0.39 is 40.1 Å². The van der Waals surface area contributed by atoms with Gasteiger partial charge in [-0.15, -0.1) is 17.6 Å². The van der Waals surface area contributed by atoms with Gasteiger partial charge in [0.15, 0.2) is 0 Å². The minimum Gasteiger partial charge on any atom is -0.492 e. The number of sulfonamides is 4. The fraction of sp³-hybridized carbons (Fsp3) is 0.457. The van der Waals surface area contributed by atoms with E-state index in [1.807, 2.05) is 101 Å². The van der Waals surface area contributed by atoms with Crippen molar-refractivity contribution in [3.05, 3.63) is 189 Å². The van der Waals surface area contributed by atoms with Crippen LogP contribution in [0.3, 0.4) is 0 Å². The summed E-state index contributed by atoms with van der Waals surface area (Å²) in [5.41, 5.74) is 30.3. The van der Waals surface area contributed by atoms with Gasteiger partial charge < -0.3 is 66.8 Å². The molecular weight excluding hydrogens is 1540 g/mol. The average molecular weight is 1640 g/mol. The number of carbonyl (C=O) groups is 4. The lowest BCUT2D eigenvalue weighted by Gasteiger charge is -2.35. The molecule has 33 heteroatoms. The van der Waals surface area contributed by atoms with E-state index in [-0.39, 0.29) is 93.9 Å². The average Bonchev–Trinajstić information content (AvgIpc) is 0.793. The number of amides is 5. The molecule has 5 amide bonds. The van der Waals surface area contributed by atoms with Gasteiger partial charge in [0, 0.05) is 83.0 Å². The van der Waals surface area contributed by atoms with E-state index in [9.17, 15) is 52.8 Å². The molecule has 0 aliphatic carbocycles. The molecule has 1 unspecified atom stereocenters. The van der Waals surface area contributed by atoms with Gasteiger partial charge in [-0.3, -0.25) is 14.4 Å². The fourth-order valence-electron chi connectivity index (χ4n) is 15.3. The third-order valence-corrected chi connectivity index (χ3v) is 25.3. The lowest BCUT2D eigenvalue weighted by molar-refractivity contribution is -0.134. The van der Waals surface area contributed by atoms with E-state index >= 15 is 0 Å². The van der Waals surface area contributed by atoms with E-state index in [2.05, 4.69) is 22.9 Å². The number of benzene rings is 6. The third kappa shape index (κ3) is 23.3. The van der Waals surface area contributed by atoms with Gasteiger partial charge in [0.25, 0.3) is 40.1 Å². The zero-order chi connectivity index (χ0) is 81.3. The number of carbonyl (C=O) groups excluding carboxylic acids is 4. The molecule has 0 saturated carbocycles. The van der Waals surface area contributed by atoms with Crippen molar-refractivity contribution in [2.45, 2.75) is 133 Å². The number of urea groups is 1. The van der Waals surface area contributed by atoms with Crippen LogP contribution in [0.15, 0.2) is 151 Å². The van der Waals surface area contributed by atoms with Crippen LogP contribution >= 0.6 is 0 Å². The highest BCUT2D eigenvalue weighted by Gasteiger charge is 2.34. The molecule has 4 fully saturated rings. The van der Waals surface area contributed by atoms with Crippen molar-refractivity contribution < 1.29 is 71.8 Å². The summed E-state index contributed by atoms with van der Waals surface area (Å²) in [7, 11) is -14.3. The number of piperidine rings is 4. The van der Waals surface area contributed by atoms with Crippen LogP contribution in [0.4, 0.5) is 4.79 Å². The zero-order valence-corrected chi connectivity index (χ0v) is 67.9. The number of aryl methyl sites for hydroxylation is 1. The maximum atomic E-state index is 12.7. The molecule has 6 aromatic rings. The number of amidine groups is 4. The lowest BCUT2D eigenvalue weighted by atomic mass is 9.97. The van der Waals surface area contributed by atoms with Gasteiger partial charge in [-0.1, -0.05) is 123 Å². The van der Waals surface area contributed by atoms with Gasteiger partial charge in [-0.05, 0) is 135 Å². The smallest absolute Gasteiger partial charge is 0.317 e. The Kier molecular flexibility index (Phi) is 28.5. The van der Waals surface area contributed by atoms with Crippen LogP contribution in [0.5, 0.6) is 23.0 Å². The monoisotopic (exact) mass is 1640 g/mol. The Balaban J connectivity index is 0.000000150. The number of nitrogens with two attached hydrogens (primary N) is 4. The van der Waals surface area contributed by atoms with Gasteiger partial charge in [0.2, 0.25) is 17.7 Å². The molecule has 8 heterocycles. The minimum absolute atomic E-state index is 0.0239. The standard InChI is InChI=1S/C23H27N3O4S.C22H25N3O4S.C19H27N3O4S.C17H24N4O4S/c24-23-22-19(16-31(28,29)25-23)9-4-10-20(22)30-15-18-8-5-13-26(14-18)21(27)12-11-17-6-2-1-3-7-17;23-22-21-18(15-30(27,28)24-22)9-4-10-19(21)29-14-17-8-5-11-25(13-17)20(26)12-16-6-2-1-3-7-16;1-13(2)9-17(23)22-8-4-5-14(10-22)11-26-16-7-3-6-15-12-27(24,25)21-19(20)18(15)16;1-2-19-17(22)21-9-4-3-7-13(21)10-25-14-8-5-6-12-11-26(23,24)20-16(18)15(12)14/h1-4,6-7,9-10,18H,5,8,11-16H2,(H2,24,25);1-4,6-7,9-10,17H,5,8,11-15H2,(H2,23,24);3,6-7,13-14H,4-5,8-12H2,1-2H3,(H2,20,21);5-6,8,13H,2-4,7,9-11H2,1H3,(H2,18,20)(H,19,22)/t18-;17-;14-;/m000./s1. The molecule has 6 aromatic carbocycles.